The summed E-state index contributed by atoms with van der Waals surface area (Å²) in [7, 11) is 0. The Balaban J connectivity index is 2.13. The molecule has 2 atom stereocenters. The summed E-state index contributed by atoms with van der Waals surface area (Å²) in [6.07, 6.45) is 8.53. The highest BCUT2D eigenvalue weighted by molar-refractivity contribution is 4.74. The van der Waals surface area contributed by atoms with Crippen molar-refractivity contribution in [3.8, 4) is 0 Å². The second kappa shape index (κ2) is 6.42. The minimum absolute atomic E-state index is 0.988. The summed E-state index contributed by atoms with van der Waals surface area (Å²) in [5, 5.41) is 3.46. The minimum Gasteiger partial charge on any atom is -0.316 e. The quantitative estimate of drug-likeness (QED) is 0.667. The van der Waals surface area contributed by atoms with Crippen LogP contribution in [0.4, 0.5) is 0 Å². The fourth-order valence-corrected chi connectivity index (χ4v) is 2.37. The van der Waals surface area contributed by atoms with Gasteiger partial charge in [0.05, 0.1) is 0 Å². The number of rotatable bonds is 6. The first kappa shape index (κ1) is 11.0. The Labute approximate surface area is 83.3 Å². The molecule has 13 heavy (non-hydrogen) atoms. The lowest BCUT2D eigenvalue weighted by atomic mass is 9.88. The van der Waals surface area contributed by atoms with Gasteiger partial charge in [0.1, 0.15) is 0 Å². The molecule has 1 rings (SSSR count). The smallest absolute Gasteiger partial charge is 0.00199 e. The van der Waals surface area contributed by atoms with E-state index in [1.807, 2.05) is 0 Å². The first-order valence-corrected chi connectivity index (χ1v) is 6.07. The first-order valence-electron chi connectivity index (χ1n) is 6.07. The fraction of sp³-hybridized carbons (Fsp3) is 1.00. The highest BCUT2D eigenvalue weighted by atomic mass is 14.9. The maximum absolute atomic E-state index is 3.46. The molecular weight excluding hydrogens is 158 g/mol. The number of unbranched alkanes of at least 4 members (excludes halogenated alkanes) is 1. The SMILES string of the molecule is CCCC[C@H](CC)C[C@H]1CCNC1. The van der Waals surface area contributed by atoms with E-state index in [1.165, 1.54) is 51.6 Å². The lowest BCUT2D eigenvalue weighted by Crippen LogP contribution is -2.12. The molecule has 1 fully saturated rings. The van der Waals surface area contributed by atoms with Crippen LogP contribution >= 0.6 is 0 Å². The van der Waals surface area contributed by atoms with Gasteiger partial charge in [0, 0.05) is 0 Å². The van der Waals surface area contributed by atoms with Crippen molar-refractivity contribution in [2.75, 3.05) is 13.1 Å². The highest BCUT2D eigenvalue weighted by Crippen LogP contribution is 2.24. The normalized spacial score (nSPS) is 24.9. The van der Waals surface area contributed by atoms with E-state index in [1.54, 1.807) is 0 Å². The van der Waals surface area contributed by atoms with Gasteiger partial charge in [0.25, 0.3) is 0 Å². The Hall–Kier alpha value is -0.0400. The largest absolute Gasteiger partial charge is 0.316 e. The molecule has 0 radical (unpaired) electrons. The van der Waals surface area contributed by atoms with Gasteiger partial charge >= 0.3 is 0 Å². The molecule has 0 unspecified atom stereocenters. The van der Waals surface area contributed by atoms with Crippen LogP contribution in [-0.2, 0) is 0 Å². The Kier molecular flexibility index (Phi) is 5.45. The molecule has 1 aliphatic rings. The van der Waals surface area contributed by atoms with Crippen LogP contribution < -0.4 is 5.32 Å². The summed E-state index contributed by atoms with van der Waals surface area (Å²) in [5.74, 6) is 1.99. The lowest BCUT2D eigenvalue weighted by Gasteiger charge is -2.18. The zero-order valence-corrected chi connectivity index (χ0v) is 9.31. The van der Waals surface area contributed by atoms with E-state index in [2.05, 4.69) is 19.2 Å². The van der Waals surface area contributed by atoms with Gasteiger partial charge in [-0.3, -0.25) is 0 Å². The standard InChI is InChI=1S/C12H25N/c1-3-5-6-11(4-2)9-12-7-8-13-10-12/h11-13H,3-10H2,1-2H3/t11-,12+/m0/s1. The van der Waals surface area contributed by atoms with Crippen molar-refractivity contribution in [1.29, 1.82) is 0 Å². The van der Waals surface area contributed by atoms with Crippen molar-refractivity contribution >= 4 is 0 Å². The van der Waals surface area contributed by atoms with Gasteiger partial charge in [-0.1, -0.05) is 39.5 Å². The van der Waals surface area contributed by atoms with E-state index in [4.69, 9.17) is 0 Å². The fourth-order valence-electron chi connectivity index (χ4n) is 2.37. The van der Waals surface area contributed by atoms with E-state index in [-0.39, 0.29) is 0 Å². The molecule has 0 saturated carbocycles. The minimum atomic E-state index is 0.988. The van der Waals surface area contributed by atoms with Crippen LogP contribution in [0.1, 0.15) is 52.4 Å². The lowest BCUT2D eigenvalue weighted by molar-refractivity contribution is 0.351. The molecule has 1 heteroatoms. The molecule has 1 N–H and O–H groups in total. The Morgan fingerprint density at radius 1 is 1.38 bits per heavy atom. The van der Waals surface area contributed by atoms with Crippen LogP contribution in [0.5, 0.6) is 0 Å². The molecule has 0 aromatic heterocycles. The van der Waals surface area contributed by atoms with Gasteiger partial charge in [-0.05, 0) is 37.8 Å². The first-order chi connectivity index (χ1) is 6.36. The Morgan fingerprint density at radius 3 is 2.77 bits per heavy atom. The summed E-state index contributed by atoms with van der Waals surface area (Å²) in [4.78, 5) is 0. The van der Waals surface area contributed by atoms with Crippen molar-refractivity contribution < 1.29 is 0 Å². The third kappa shape index (κ3) is 4.12. The average molecular weight is 183 g/mol. The van der Waals surface area contributed by atoms with E-state index in [9.17, 15) is 0 Å². The van der Waals surface area contributed by atoms with Crippen molar-refractivity contribution in [3.05, 3.63) is 0 Å². The number of nitrogens with one attached hydrogen (secondary N) is 1. The van der Waals surface area contributed by atoms with Gasteiger partial charge in [0.2, 0.25) is 0 Å². The van der Waals surface area contributed by atoms with Crippen molar-refractivity contribution in [2.24, 2.45) is 11.8 Å². The Bertz CT molecular complexity index is 116. The maximum Gasteiger partial charge on any atom is -0.00199 e. The van der Waals surface area contributed by atoms with Crippen LogP contribution in [0, 0.1) is 11.8 Å². The van der Waals surface area contributed by atoms with Crippen LogP contribution in [0.25, 0.3) is 0 Å². The molecule has 1 aliphatic heterocycles. The Morgan fingerprint density at radius 2 is 2.23 bits per heavy atom. The zero-order chi connectivity index (χ0) is 9.52. The van der Waals surface area contributed by atoms with Gasteiger partial charge < -0.3 is 5.32 Å². The molecule has 0 aromatic carbocycles. The monoisotopic (exact) mass is 183 g/mol. The molecule has 0 spiro atoms. The summed E-state index contributed by atoms with van der Waals surface area (Å²) in [5.41, 5.74) is 0. The molecule has 78 valence electrons. The summed E-state index contributed by atoms with van der Waals surface area (Å²) in [6, 6.07) is 0. The average Bonchev–Trinajstić information content (AvgIpc) is 2.64. The van der Waals surface area contributed by atoms with E-state index in [0.29, 0.717) is 0 Å². The molecule has 0 aliphatic carbocycles. The van der Waals surface area contributed by atoms with E-state index in [0.717, 1.165) is 11.8 Å². The third-order valence-corrected chi connectivity index (χ3v) is 3.37. The zero-order valence-electron chi connectivity index (χ0n) is 9.31. The topological polar surface area (TPSA) is 12.0 Å². The van der Waals surface area contributed by atoms with E-state index < -0.39 is 0 Å². The summed E-state index contributed by atoms with van der Waals surface area (Å²) >= 11 is 0. The third-order valence-electron chi connectivity index (χ3n) is 3.37. The second-order valence-electron chi connectivity index (χ2n) is 4.51. The van der Waals surface area contributed by atoms with Crippen LogP contribution in [0.15, 0.2) is 0 Å². The van der Waals surface area contributed by atoms with Crippen LogP contribution in [0.2, 0.25) is 0 Å². The van der Waals surface area contributed by atoms with Gasteiger partial charge in [-0.2, -0.15) is 0 Å². The van der Waals surface area contributed by atoms with Gasteiger partial charge in [-0.15, -0.1) is 0 Å². The van der Waals surface area contributed by atoms with E-state index >= 15 is 0 Å². The van der Waals surface area contributed by atoms with Crippen LogP contribution in [0.3, 0.4) is 0 Å². The van der Waals surface area contributed by atoms with Crippen molar-refractivity contribution in [1.82, 2.24) is 5.32 Å². The summed E-state index contributed by atoms with van der Waals surface area (Å²) < 4.78 is 0. The summed E-state index contributed by atoms with van der Waals surface area (Å²) in [6.45, 7) is 7.18. The number of hydrogen-bond donors (Lipinski definition) is 1. The number of hydrogen-bond acceptors (Lipinski definition) is 1. The second-order valence-corrected chi connectivity index (χ2v) is 4.51. The molecule has 0 aromatic rings. The molecular formula is C12H25N. The predicted octanol–water partition coefficient (Wildman–Crippen LogP) is 3.20. The molecule has 1 heterocycles. The molecule has 1 saturated heterocycles. The molecule has 1 nitrogen and oxygen atoms in total. The maximum atomic E-state index is 3.46. The molecule has 0 amide bonds. The predicted molar refractivity (Wildman–Crippen MR) is 58.9 cm³/mol. The van der Waals surface area contributed by atoms with Crippen LogP contribution in [-0.4, -0.2) is 13.1 Å². The van der Waals surface area contributed by atoms with Gasteiger partial charge in [-0.25, -0.2) is 0 Å². The van der Waals surface area contributed by atoms with Crippen molar-refractivity contribution in [3.63, 3.8) is 0 Å². The molecule has 0 bridgehead atoms. The van der Waals surface area contributed by atoms with Crippen molar-refractivity contribution in [2.45, 2.75) is 52.4 Å². The highest BCUT2D eigenvalue weighted by Gasteiger charge is 2.18. The van der Waals surface area contributed by atoms with Gasteiger partial charge in [0.15, 0.2) is 0 Å².